The Morgan fingerprint density at radius 1 is 0.935 bits per heavy atom. The molecule has 0 aliphatic heterocycles. The van der Waals surface area contributed by atoms with Crippen LogP contribution in [0.15, 0.2) is 71.6 Å². The minimum absolute atomic E-state index is 0.0554. The lowest BCUT2D eigenvalue weighted by atomic mass is 10.1. The first-order chi connectivity index (χ1) is 22.1. The van der Waals surface area contributed by atoms with Crippen molar-refractivity contribution in [2.75, 3.05) is 31.7 Å². The predicted octanol–water partition coefficient (Wildman–Crippen LogP) is 5.82. The van der Waals surface area contributed by atoms with Crippen LogP contribution in [0.2, 0.25) is 5.02 Å². The zero-order valence-electron chi connectivity index (χ0n) is 26.7. The number of benzene rings is 3. The van der Waals surface area contributed by atoms with Gasteiger partial charge < -0.3 is 24.4 Å². The molecule has 1 aliphatic carbocycles. The number of ether oxygens (including phenoxy) is 3. The molecule has 0 aromatic heterocycles. The van der Waals surface area contributed by atoms with Crippen molar-refractivity contribution in [2.24, 2.45) is 0 Å². The van der Waals surface area contributed by atoms with E-state index in [0.29, 0.717) is 29.5 Å². The maximum absolute atomic E-state index is 14.4. The van der Waals surface area contributed by atoms with Crippen LogP contribution < -0.4 is 23.8 Å². The van der Waals surface area contributed by atoms with Gasteiger partial charge in [0.1, 0.15) is 18.3 Å². The molecule has 248 valence electrons. The Hall–Kier alpha value is -3.96. The van der Waals surface area contributed by atoms with E-state index in [0.717, 1.165) is 35.6 Å². The van der Waals surface area contributed by atoms with Gasteiger partial charge in [0.25, 0.3) is 10.0 Å². The Labute approximate surface area is 276 Å². The van der Waals surface area contributed by atoms with Crippen molar-refractivity contribution in [3.8, 4) is 17.2 Å². The van der Waals surface area contributed by atoms with Crippen LogP contribution >= 0.6 is 11.6 Å². The van der Waals surface area contributed by atoms with Gasteiger partial charge in [-0.15, -0.1) is 0 Å². The molecule has 1 N–H and O–H groups in total. The van der Waals surface area contributed by atoms with E-state index in [1.807, 2.05) is 13.8 Å². The minimum Gasteiger partial charge on any atom is -0.494 e. The maximum Gasteiger partial charge on any atom is 0.264 e. The fourth-order valence-electron chi connectivity index (χ4n) is 5.58. The van der Waals surface area contributed by atoms with Gasteiger partial charge in [0, 0.05) is 23.7 Å². The lowest BCUT2D eigenvalue weighted by molar-refractivity contribution is -0.140. The summed E-state index contributed by atoms with van der Waals surface area (Å²) in [5, 5.41) is 3.65. The first-order valence-electron chi connectivity index (χ1n) is 15.4. The number of amides is 2. The highest BCUT2D eigenvalue weighted by molar-refractivity contribution is 7.92. The normalized spacial score (nSPS) is 13.9. The van der Waals surface area contributed by atoms with Crippen LogP contribution in [-0.4, -0.2) is 64.6 Å². The second-order valence-corrected chi connectivity index (χ2v) is 13.3. The van der Waals surface area contributed by atoms with Crippen molar-refractivity contribution in [1.29, 1.82) is 0 Å². The summed E-state index contributed by atoms with van der Waals surface area (Å²) < 4.78 is 45.9. The number of nitrogens with one attached hydrogen (secondary N) is 1. The van der Waals surface area contributed by atoms with Crippen molar-refractivity contribution in [1.82, 2.24) is 10.2 Å². The Bertz CT molecular complexity index is 1580. The fourth-order valence-corrected chi connectivity index (χ4v) is 7.14. The molecule has 2 amide bonds. The Morgan fingerprint density at radius 2 is 1.59 bits per heavy atom. The van der Waals surface area contributed by atoms with E-state index in [1.165, 1.54) is 37.3 Å². The van der Waals surface area contributed by atoms with Crippen LogP contribution in [0.1, 0.15) is 51.5 Å². The van der Waals surface area contributed by atoms with Gasteiger partial charge in [0.15, 0.2) is 11.5 Å². The molecule has 12 heteroatoms. The third-order valence-electron chi connectivity index (χ3n) is 8.01. The molecule has 46 heavy (non-hydrogen) atoms. The molecular weight excluding hydrogens is 630 g/mol. The first kappa shape index (κ1) is 34.9. The Kier molecular flexibility index (Phi) is 12.2. The fraction of sp³-hybridized carbons (Fsp3) is 0.412. The molecule has 1 atom stereocenters. The van der Waals surface area contributed by atoms with Gasteiger partial charge in [-0.1, -0.05) is 43.5 Å². The first-order valence-corrected chi connectivity index (χ1v) is 17.2. The van der Waals surface area contributed by atoms with E-state index >= 15 is 0 Å². The monoisotopic (exact) mass is 671 g/mol. The number of nitrogens with zero attached hydrogens (tertiary/aromatic N) is 2. The lowest BCUT2D eigenvalue weighted by Gasteiger charge is -2.34. The average Bonchev–Trinajstić information content (AvgIpc) is 3.57. The van der Waals surface area contributed by atoms with E-state index in [4.69, 9.17) is 25.8 Å². The van der Waals surface area contributed by atoms with Crippen LogP contribution in [-0.2, 0) is 26.2 Å². The summed E-state index contributed by atoms with van der Waals surface area (Å²) in [4.78, 5) is 29.3. The summed E-state index contributed by atoms with van der Waals surface area (Å²) in [5.74, 6) is 0.340. The molecule has 1 saturated carbocycles. The molecule has 1 aliphatic rings. The number of rotatable bonds is 15. The van der Waals surface area contributed by atoms with Gasteiger partial charge in [-0.25, -0.2) is 8.42 Å². The molecule has 0 unspecified atom stereocenters. The van der Waals surface area contributed by atoms with Crippen molar-refractivity contribution in [2.45, 2.75) is 69.5 Å². The number of carbonyl (C=O) groups is 2. The molecule has 4 rings (SSSR count). The van der Waals surface area contributed by atoms with Crippen LogP contribution in [0.5, 0.6) is 17.2 Å². The van der Waals surface area contributed by atoms with Gasteiger partial charge in [0.2, 0.25) is 11.8 Å². The molecule has 0 heterocycles. The molecule has 0 spiro atoms. The number of methoxy groups -OCH3 is 2. The van der Waals surface area contributed by atoms with E-state index < -0.39 is 28.5 Å². The van der Waals surface area contributed by atoms with E-state index in [9.17, 15) is 18.0 Å². The predicted molar refractivity (Wildman–Crippen MR) is 178 cm³/mol. The summed E-state index contributed by atoms with van der Waals surface area (Å²) >= 11 is 6.12. The molecule has 0 bridgehead atoms. The zero-order chi connectivity index (χ0) is 33.3. The second kappa shape index (κ2) is 16.0. The zero-order valence-corrected chi connectivity index (χ0v) is 28.3. The molecule has 3 aromatic rings. The minimum atomic E-state index is -4.32. The second-order valence-electron chi connectivity index (χ2n) is 11.0. The average molecular weight is 672 g/mol. The Morgan fingerprint density at radius 3 is 2.17 bits per heavy atom. The number of carbonyl (C=O) groups excluding carboxylic acids is 2. The number of hydrogen-bond donors (Lipinski definition) is 1. The number of sulfonamides is 1. The SMILES string of the molecule is CCOc1ccc(N(CC(=O)N(Cc2ccc(Cl)cc2)[C@H](CC)C(=O)NC2CCCC2)S(=O)(=O)c2ccc(OC)c(OC)c2)cc1. The van der Waals surface area contributed by atoms with Crippen molar-refractivity contribution >= 4 is 39.1 Å². The van der Waals surface area contributed by atoms with Gasteiger partial charge in [-0.3, -0.25) is 13.9 Å². The summed E-state index contributed by atoms with van der Waals surface area (Å²) in [6.07, 6.45) is 4.20. The van der Waals surface area contributed by atoms with Crippen LogP contribution in [0.4, 0.5) is 5.69 Å². The molecule has 1 fully saturated rings. The van der Waals surface area contributed by atoms with Crippen LogP contribution in [0.25, 0.3) is 0 Å². The number of hydrogen-bond acceptors (Lipinski definition) is 7. The smallest absolute Gasteiger partial charge is 0.264 e. The maximum atomic E-state index is 14.4. The molecule has 10 nitrogen and oxygen atoms in total. The van der Waals surface area contributed by atoms with Crippen molar-refractivity contribution in [3.63, 3.8) is 0 Å². The molecule has 0 saturated heterocycles. The van der Waals surface area contributed by atoms with Gasteiger partial charge in [0.05, 0.1) is 31.4 Å². The number of halogens is 1. The largest absolute Gasteiger partial charge is 0.494 e. The van der Waals surface area contributed by atoms with Crippen molar-refractivity contribution in [3.05, 3.63) is 77.3 Å². The molecule has 0 radical (unpaired) electrons. The van der Waals surface area contributed by atoms with Gasteiger partial charge >= 0.3 is 0 Å². The quantitative estimate of drug-likeness (QED) is 0.217. The molecular formula is C34H42ClN3O7S. The van der Waals surface area contributed by atoms with Crippen LogP contribution in [0.3, 0.4) is 0 Å². The highest BCUT2D eigenvalue weighted by Crippen LogP contribution is 2.33. The highest BCUT2D eigenvalue weighted by atomic mass is 35.5. The third-order valence-corrected chi connectivity index (χ3v) is 10.0. The summed E-state index contributed by atoms with van der Waals surface area (Å²) in [5.41, 5.74) is 1.00. The van der Waals surface area contributed by atoms with E-state index in [2.05, 4.69) is 5.32 Å². The van der Waals surface area contributed by atoms with Gasteiger partial charge in [-0.05, 0) is 80.3 Å². The van der Waals surface area contributed by atoms with Crippen molar-refractivity contribution < 1.29 is 32.2 Å². The summed E-state index contributed by atoms with van der Waals surface area (Å²) in [6.45, 7) is 3.65. The van der Waals surface area contributed by atoms with Crippen LogP contribution in [0, 0.1) is 0 Å². The topological polar surface area (TPSA) is 114 Å². The summed E-state index contributed by atoms with van der Waals surface area (Å²) in [7, 11) is -1.45. The lowest BCUT2D eigenvalue weighted by Crippen LogP contribution is -2.53. The third kappa shape index (κ3) is 8.44. The standard InChI is InChI=1S/C34H42ClN3O7S/c1-5-30(34(40)36-26-9-7-8-10-26)37(22-24-11-13-25(35)14-12-24)33(39)23-38(27-15-17-28(18-16-27)45-6-2)46(41,42)29-19-20-31(43-3)32(21-29)44-4/h11-21,26,30H,5-10,22-23H2,1-4H3,(H,36,40)/t30-/m1/s1. The summed E-state index contributed by atoms with van der Waals surface area (Å²) in [6, 6.07) is 17.0. The number of anilines is 1. The highest BCUT2D eigenvalue weighted by Gasteiger charge is 2.35. The molecule has 3 aromatic carbocycles. The van der Waals surface area contributed by atoms with E-state index in [-0.39, 0.29) is 34.8 Å². The Balaban J connectivity index is 1.74. The van der Waals surface area contributed by atoms with Gasteiger partial charge in [-0.2, -0.15) is 0 Å². The van der Waals surface area contributed by atoms with E-state index in [1.54, 1.807) is 48.5 Å².